The molecule has 20 heavy (non-hydrogen) atoms. The number of hydrogen-bond acceptors (Lipinski definition) is 4. The van der Waals surface area contributed by atoms with Crippen molar-refractivity contribution in [2.75, 3.05) is 0 Å². The molecular weight excluding hydrogens is 323 g/mol. The fourth-order valence-electron chi connectivity index (χ4n) is 1.58. The lowest BCUT2D eigenvalue weighted by molar-refractivity contribution is 0.577. The van der Waals surface area contributed by atoms with Gasteiger partial charge >= 0.3 is 0 Å². The van der Waals surface area contributed by atoms with Gasteiger partial charge in [-0.05, 0) is 40.1 Å². The number of halogens is 2. The van der Waals surface area contributed by atoms with Gasteiger partial charge in [-0.15, -0.1) is 0 Å². The van der Waals surface area contributed by atoms with E-state index in [0.29, 0.717) is 0 Å². The maximum Gasteiger partial charge on any atom is 0.240 e. The minimum atomic E-state index is -3.81. The molecule has 4 nitrogen and oxygen atoms in total. The van der Waals surface area contributed by atoms with Crippen molar-refractivity contribution in [3.8, 4) is 0 Å². The number of nitrogens with one attached hydrogen (secondary N) is 1. The zero-order valence-corrected chi connectivity index (χ0v) is 12.7. The summed E-state index contributed by atoms with van der Waals surface area (Å²) in [5.74, 6) is -0.800. The van der Waals surface area contributed by atoms with Crippen molar-refractivity contribution >= 4 is 33.0 Å². The van der Waals surface area contributed by atoms with Crippen LogP contribution in [-0.2, 0) is 23.1 Å². The first kappa shape index (κ1) is 15.4. The minimum absolute atomic E-state index is 0.0381. The third kappa shape index (κ3) is 3.36. The van der Waals surface area contributed by atoms with Gasteiger partial charge in [0.2, 0.25) is 10.0 Å². The molecule has 1 aromatic heterocycles. The molecule has 8 heteroatoms. The smallest absolute Gasteiger partial charge is 0.240 e. The Morgan fingerprint density at radius 1 is 1.40 bits per heavy atom. The summed E-state index contributed by atoms with van der Waals surface area (Å²) in [5.41, 5.74) is 6.51. The summed E-state index contributed by atoms with van der Waals surface area (Å²) in [5, 5.41) is 3.53. The van der Waals surface area contributed by atoms with Crippen molar-refractivity contribution in [1.29, 1.82) is 0 Å². The molecule has 0 saturated carbocycles. The quantitative estimate of drug-likeness (QED) is 0.882. The average molecular weight is 335 g/mol. The van der Waals surface area contributed by atoms with E-state index in [1.165, 1.54) is 17.4 Å². The highest BCUT2D eigenvalue weighted by atomic mass is 35.5. The molecule has 2 rings (SSSR count). The fraction of sp³-hybridized carbons (Fsp3) is 0.167. The van der Waals surface area contributed by atoms with E-state index in [4.69, 9.17) is 17.3 Å². The maximum absolute atomic E-state index is 13.6. The second-order valence-electron chi connectivity index (χ2n) is 4.04. The molecule has 108 valence electrons. The van der Waals surface area contributed by atoms with Gasteiger partial charge in [0.1, 0.15) is 5.82 Å². The van der Waals surface area contributed by atoms with E-state index in [1.54, 1.807) is 6.07 Å². The predicted octanol–water partition coefficient (Wildman–Crippen LogP) is 2.48. The number of benzene rings is 1. The van der Waals surface area contributed by atoms with Gasteiger partial charge in [-0.25, -0.2) is 17.5 Å². The first-order chi connectivity index (χ1) is 9.44. The van der Waals surface area contributed by atoms with Crippen molar-refractivity contribution in [3.05, 3.63) is 50.9 Å². The van der Waals surface area contributed by atoms with Gasteiger partial charge in [0.15, 0.2) is 0 Å². The predicted molar refractivity (Wildman–Crippen MR) is 77.6 cm³/mol. The highest BCUT2D eigenvalue weighted by molar-refractivity contribution is 7.89. The Kier molecular flexibility index (Phi) is 4.77. The summed E-state index contributed by atoms with van der Waals surface area (Å²) in [6.45, 7) is 0.109. The van der Waals surface area contributed by atoms with Gasteiger partial charge in [-0.2, -0.15) is 11.3 Å². The van der Waals surface area contributed by atoms with Crippen LogP contribution in [0.5, 0.6) is 0 Å². The van der Waals surface area contributed by atoms with E-state index in [0.717, 1.165) is 11.6 Å². The van der Waals surface area contributed by atoms with Crippen LogP contribution in [0.25, 0.3) is 0 Å². The topological polar surface area (TPSA) is 72.2 Å². The zero-order chi connectivity index (χ0) is 14.8. The van der Waals surface area contributed by atoms with Crippen LogP contribution in [0.2, 0.25) is 5.02 Å². The lowest BCUT2D eigenvalue weighted by Gasteiger charge is -2.09. The standard InChI is InChI=1S/C12H12ClFN2O2S2/c13-12-9(5-15)3-10(4-11(12)14)20(17,18)16-6-8-1-2-19-7-8/h1-4,7,16H,5-6,15H2. The molecule has 0 aliphatic carbocycles. The van der Waals surface area contributed by atoms with Gasteiger partial charge in [-0.1, -0.05) is 11.6 Å². The van der Waals surface area contributed by atoms with Crippen LogP contribution < -0.4 is 10.5 Å². The van der Waals surface area contributed by atoms with Crippen LogP contribution in [0.1, 0.15) is 11.1 Å². The summed E-state index contributed by atoms with van der Waals surface area (Å²) in [6, 6.07) is 3.97. The molecule has 0 aliphatic rings. The van der Waals surface area contributed by atoms with E-state index >= 15 is 0 Å². The Balaban J connectivity index is 2.27. The number of thiophene rings is 1. The first-order valence-corrected chi connectivity index (χ1v) is 8.43. The lowest BCUT2D eigenvalue weighted by Crippen LogP contribution is -2.23. The van der Waals surface area contributed by atoms with Crippen LogP contribution in [0.3, 0.4) is 0 Å². The number of rotatable bonds is 5. The second-order valence-corrected chi connectivity index (χ2v) is 6.96. The van der Waals surface area contributed by atoms with Crippen LogP contribution in [0, 0.1) is 5.82 Å². The summed E-state index contributed by atoms with van der Waals surface area (Å²) in [4.78, 5) is -0.185. The molecule has 3 N–H and O–H groups in total. The molecule has 1 heterocycles. The SMILES string of the molecule is NCc1cc(S(=O)(=O)NCc2ccsc2)cc(F)c1Cl. The molecule has 1 aromatic carbocycles. The molecule has 0 unspecified atom stereocenters. The molecule has 0 fully saturated rings. The monoisotopic (exact) mass is 334 g/mol. The van der Waals surface area contributed by atoms with Crippen LogP contribution in [0.4, 0.5) is 4.39 Å². The first-order valence-electron chi connectivity index (χ1n) is 5.63. The zero-order valence-electron chi connectivity index (χ0n) is 10.3. The highest BCUT2D eigenvalue weighted by Gasteiger charge is 2.18. The van der Waals surface area contributed by atoms with Gasteiger partial charge < -0.3 is 5.73 Å². The van der Waals surface area contributed by atoms with E-state index < -0.39 is 15.8 Å². The molecule has 0 bridgehead atoms. The molecule has 2 aromatic rings. The van der Waals surface area contributed by atoms with Crippen LogP contribution >= 0.6 is 22.9 Å². The average Bonchev–Trinajstić information content (AvgIpc) is 2.92. The van der Waals surface area contributed by atoms with Crippen molar-refractivity contribution in [2.45, 2.75) is 18.0 Å². The van der Waals surface area contributed by atoms with E-state index in [9.17, 15) is 12.8 Å². The molecule has 0 amide bonds. The molecule has 0 atom stereocenters. The lowest BCUT2D eigenvalue weighted by atomic mass is 10.2. The third-order valence-corrected chi connectivity index (χ3v) is 5.19. The van der Waals surface area contributed by atoms with E-state index in [1.807, 2.05) is 10.8 Å². The molecule has 0 aliphatic heterocycles. The normalized spacial score (nSPS) is 11.8. The molecule has 0 spiro atoms. The van der Waals surface area contributed by atoms with Crippen LogP contribution in [0.15, 0.2) is 33.9 Å². The number of hydrogen-bond donors (Lipinski definition) is 2. The second kappa shape index (κ2) is 6.19. The van der Waals surface area contributed by atoms with Gasteiger partial charge in [-0.3, -0.25) is 0 Å². The Hall–Kier alpha value is -0.990. The Bertz CT molecular complexity index is 702. The summed E-state index contributed by atoms with van der Waals surface area (Å²) >= 11 is 7.17. The van der Waals surface area contributed by atoms with Gasteiger partial charge in [0.25, 0.3) is 0 Å². The van der Waals surface area contributed by atoms with Crippen LogP contribution in [-0.4, -0.2) is 8.42 Å². The van der Waals surface area contributed by atoms with Gasteiger partial charge in [0.05, 0.1) is 9.92 Å². The van der Waals surface area contributed by atoms with E-state index in [-0.39, 0.29) is 28.6 Å². The van der Waals surface area contributed by atoms with Crippen molar-refractivity contribution < 1.29 is 12.8 Å². The summed E-state index contributed by atoms with van der Waals surface area (Å²) < 4.78 is 40.2. The maximum atomic E-state index is 13.6. The minimum Gasteiger partial charge on any atom is -0.326 e. The molecule has 0 saturated heterocycles. The Labute approximate surface area is 125 Å². The van der Waals surface area contributed by atoms with E-state index in [2.05, 4.69) is 4.72 Å². The van der Waals surface area contributed by atoms with Crippen molar-refractivity contribution in [2.24, 2.45) is 5.73 Å². The van der Waals surface area contributed by atoms with Crippen molar-refractivity contribution in [3.63, 3.8) is 0 Å². The largest absolute Gasteiger partial charge is 0.326 e. The summed E-state index contributed by atoms with van der Waals surface area (Å²) in [7, 11) is -3.81. The number of sulfonamides is 1. The Morgan fingerprint density at radius 2 is 2.15 bits per heavy atom. The third-order valence-electron chi connectivity index (χ3n) is 2.65. The van der Waals surface area contributed by atoms with Crippen molar-refractivity contribution in [1.82, 2.24) is 4.72 Å². The summed E-state index contributed by atoms with van der Waals surface area (Å²) in [6.07, 6.45) is 0. The fourth-order valence-corrected chi connectivity index (χ4v) is 3.51. The highest BCUT2D eigenvalue weighted by Crippen LogP contribution is 2.24. The van der Waals surface area contributed by atoms with Gasteiger partial charge in [0, 0.05) is 13.1 Å². The number of nitrogens with two attached hydrogens (primary N) is 1. The Morgan fingerprint density at radius 3 is 2.75 bits per heavy atom. The molecule has 0 radical (unpaired) electrons. The molecular formula is C12H12ClFN2O2S2.